The summed E-state index contributed by atoms with van der Waals surface area (Å²) in [4.78, 5) is 26.6. The Kier molecular flexibility index (Phi) is 4.95. The molecule has 0 bridgehead atoms. The Balaban J connectivity index is 1.91. The number of anilines is 1. The van der Waals surface area contributed by atoms with E-state index in [0.29, 0.717) is 5.69 Å². The quantitative estimate of drug-likeness (QED) is 0.745. The van der Waals surface area contributed by atoms with Gasteiger partial charge in [-0.2, -0.15) is 0 Å². The van der Waals surface area contributed by atoms with Gasteiger partial charge in [-0.25, -0.2) is 4.79 Å². The van der Waals surface area contributed by atoms with Crippen LogP contribution in [0.4, 0.5) is 5.69 Å². The Morgan fingerprint density at radius 3 is 2.20 bits per heavy atom. The van der Waals surface area contributed by atoms with Crippen molar-refractivity contribution in [2.45, 2.75) is 6.42 Å². The van der Waals surface area contributed by atoms with Gasteiger partial charge in [-0.1, -0.05) is 60.7 Å². The van der Waals surface area contributed by atoms with E-state index in [4.69, 9.17) is 0 Å². The number of carboxylic acid groups (broad SMARTS) is 1. The number of hydrogen-bond acceptors (Lipinski definition) is 3. The second-order valence-electron chi connectivity index (χ2n) is 5.61. The number of carbonyl (C=O) groups is 2. The van der Waals surface area contributed by atoms with Gasteiger partial charge in [0.15, 0.2) is 0 Å². The number of likely N-dealkylation sites (N-methyl/N-ethyl adjacent to an activating group) is 1. The van der Waals surface area contributed by atoms with Crippen LogP contribution in [0.15, 0.2) is 66.7 Å². The maximum Gasteiger partial charge on any atom is 0.348 e. The van der Waals surface area contributed by atoms with Gasteiger partial charge in [-0.3, -0.25) is 4.79 Å². The SMILES string of the molecule is CN(C(=O)Cc1ccccc1)c1cc(-c2ccccc2)sc1C(=O)O. The zero-order valence-corrected chi connectivity index (χ0v) is 14.5. The molecule has 0 saturated carbocycles. The second-order valence-corrected chi connectivity index (χ2v) is 6.66. The molecule has 0 aliphatic rings. The Morgan fingerprint density at radius 1 is 1.00 bits per heavy atom. The summed E-state index contributed by atoms with van der Waals surface area (Å²) >= 11 is 1.18. The number of hydrogen-bond donors (Lipinski definition) is 1. The Morgan fingerprint density at radius 2 is 1.60 bits per heavy atom. The van der Waals surface area contributed by atoms with E-state index in [1.54, 1.807) is 13.1 Å². The van der Waals surface area contributed by atoms with Crippen LogP contribution in [0.1, 0.15) is 15.2 Å². The maximum atomic E-state index is 12.6. The molecule has 0 unspecified atom stereocenters. The third-order valence-corrected chi connectivity index (χ3v) is 5.06. The van der Waals surface area contributed by atoms with Crippen molar-refractivity contribution in [3.63, 3.8) is 0 Å². The molecular formula is C20H17NO3S. The van der Waals surface area contributed by atoms with Crippen molar-refractivity contribution in [1.29, 1.82) is 0 Å². The van der Waals surface area contributed by atoms with Crippen LogP contribution in [0, 0.1) is 0 Å². The van der Waals surface area contributed by atoms with Gasteiger partial charge < -0.3 is 10.0 Å². The fourth-order valence-corrected chi connectivity index (χ4v) is 3.58. The molecule has 1 N–H and O–H groups in total. The van der Waals surface area contributed by atoms with E-state index in [9.17, 15) is 14.7 Å². The van der Waals surface area contributed by atoms with Crippen molar-refractivity contribution in [3.8, 4) is 10.4 Å². The number of thiophene rings is 1. The van der Waals surface area contributed by atoms with Crippen LogP contribution < -0.4 is 4.90 Å². The smallest absolute Gasteiger partial charge is 0.348 e. The molecule has 1 aromatic heterocycles. The molecule has 0 radical (unpaired) electrons. The van der Waals surface area contributed by atoms with Crippen molar-refractivity contribution in [1.82, 2.24) is 0 Å². The van der Waals surface area contributed by atoms with Crippen LogP contribution in [0.25, 0.3) is 10.4 Å². The van der Waals surface area contributed by atoms with E-state index in [0.717, 1.165) is 16.0 Å². The van der Waals surface area contributed by atoms with Crippen LogP contribution in [0.2, 0.25) is 0 Å². The van der Waals surface area contributed by atoms with E-state index in [2.05, 4.69) is 0 Å². The molecule has 3 aromatic rings. The van der Waals surface area contributed by atoms with Crippen molar-refractivity contribution >= 4 is 28.9 Å². The third-order valence-electron chi connectivity index (χ3n) is 3.90. The Labute approximate surface area is 150 Å². The van der Waals surface area contributed by atoms with Gasteiger partial charge in [0, 0.05) is 11.9 Å². The molecule has 5 heteroatoms. The highest BCUT2D eigenvalue weighted by atomic mass is 32.1. The monoisotopic (exact) mass is 351 g/mol. The summed E-state index contributed by atoms with van der Waals surface area (Å²) in [7, 11) is 1.62. The van der Waals surface area contributed by atoms with E-state index in [1.165, 1.54) is 16.2 Å². The first-order chi connectivity index (χ1) is 12.1. The predicted molar refractivity (Wildman–Crippen MR) is 100 cm³/mol. The van der Waals surface area contributed by atoms with Gasteiger partial charge in [0.05, 0.1) is 12.1 Å². The molecule has 0 saturated heterocycles. The van der Waals surface area contributed by atoms with Gasteiger partial charge in [0.2, 0.25) is 5.91 Å². The largest absolute Gasteiger partial charge is 0.477 e. The summed E-state index contributed by atoms with van der Waals surface area (Å²) in [6.45, 7) is 0. The minimum Gasteiger partial charge on any atom is -0.477 e. The minimum absolute atomic E-state index is 0.147. The van der Waals surface area contributed by atoms with Crippen molar-refractivity contribution in [2.75, 3.05) is 11.9 Å². The highest BCUT2D eigenvalue weighted by Crippen LogP contribution is 2.36. The maximum absolute atomic E-state index is 12.6. The standard InChI is InChI=1S/C20H17NO3S/c1-21(18(22)12-14-8-4-2-5-9-14)16-13-17(25-19(16)20(23)24)15-10-6-3-7-11-15/h2-11,13H,12H2,1H3,(H,23,24). The molecule has 25 heavy (non-hydrogen) atoms. The van der Waals surface area contributed by atoms with Gasteiger partial charge in [0.1, 0.15) is 4.88 Å². The highest BCUT2D eigenvalue weighted by Gasteiger charge is 2.22. The molecule has 0 aliphatic heterocycles. The lowest BCUT2D eigenvalue weighted by Crippen LogP contribution is -2.28. The lowest BCUT2D eigenvalue weighted by Gasteiger charge is -2.16. The van der Waals surface area contributed by atoms with Crippen molar-refractivity contribution in [2.24, 2.45) is 0 Å². The lowest BCUT2D eigenvalue weighted by molar-refractivity contribution is -0.117. The number of carbonyl (C=O) groups excluding carboxylic acids is 1. The highest BCUT2D eigenvalue weighted by molar-refractivity contribution is 7.18. The molecule has 0 fully saturated rings. The lowest BCUT2D eigenvalue weighted by atomic mass is 10.1. The second kappa shape index (κ2) is 7.32. The number of aromatic carboxylic acids is 1. The first-order valence-corrected chi connectivity index (χ1v) is 8.61. The van der Waals surface area contributed by atoms with Gasteiger partial charge in [-0.05, 0) is 17.2 Å². The van der Waals surface area contributed by atoms with Crippen LogP contribution in [-0.2, 0) is 11.2 Å². The molecule has 0 spiro atoms. The Hall–Kier alpha value is -2.92. The average molecular weight is 351 g/mol. The topological polar surface area (TPSA) is 57.6 Å². The predicted octanol–water partition coefficient (Wildman–Crippen LogP) is 4.32. The van der Waals surface area contributed by atoms with Gasteiger partial charge >= 0.3 is 5.97 Å². The van der Waals surface area contributed by atoms with Gasteiger partial charge in [0.25, 0.3) is 0 Å². The molecule has 2 aromatic carbocycles. The normalized spacial score (nSPS) is 10.4. The molecule has 4 nitrogen and oxygen atoms in total. The van der Waals surface area contributed by atoms with Crippen molar-refractivity contribution in [3.05, 3.63) is 77.2 Å². The van der Waals surface area contributed by atoms with Crippen LogP contribution in [0.3, 0.4) is 0 Å². The fraction of sp³-hybridized carbons (Fsp3) is 0.100. The van der Waals surface area contributed by atoms with Gasteiger partial charge in [-0.15, -0.1) is 11.3 Å². The van der Waals surface area contributed by atoms with E-state index in [-0.39, 0.29) is 17.2 Å². The molecular weight excluding hydrogens is 334 g/mol. The number of carboxylic acids is 1. The van der Waals surface area contributed by atoms with Crippen LogP contribution in [-0.4, -0.2) is 24.0 Å². The molecule has 3 rings (SSSR count). The number of nitrogens with zero attached hydrogens (tertiary/aromatic N) is 1. The average Bonchev–Trinajstić information content (AvgIpc) is 3.08. The summed E-state index contributed by atoms with van der Waals surface area (Å²) in [5.41, 5.74) is 2.26. The summed E-state index contributed by atoms with van der Waals surface area (Å²) in [5, 5.41) is 9.52. The first-order valence-electron chi connectivity index (χ1n) is 7.79. The van der Waals surface area contributed by atoms with E-state index >= 15 is 0 Å². The molecule has 0 atom stereocenters. The van der Waals surface area contributed by atoms with Crippen LogP contribution >= 0.6 is 11.3 Å². The summed E-state index contributed by atoms with van der Waals surface area (Å²) in [5.74, 6) is -1.17. The van der Waals surface area contributed by atoms with E-state index < -0.39 is 5.97 Å². The molecule has 0 aliphatic carbocycles. The third kappa shape index (κ3) is 3.78. The zero-order valence-electron chi connectivity index (χ0n) is 13.7. The number of benzene rings is 2. The Bertz CT molecular complexity index is 888. The number of rotatable bonds is 5. The molecule has 1 heterocycles. The fourth-order valence-electron chi connectivity index (χ4n) is 2.55. The molecule has 126 valence electrons. The summed E-state index contributed by atoms with van der Waals surface area (Å²) < 4.78 is 0. The first kappa shape index (κ1) is 16.9. The van der Waals surface area contributed by atoms with Crippen molar-refractivity contribution < 1.29 is 14.7 Å². The number of amides is 1. The van der Waals surface area contributed by atoms with E-state index in [1.807, 2.05) is 60.7 Å². The summed E-state index contributed by atoms with van der Waals surface area (Å²) in [6, 6.07) is 20.7. The van der Waals surface area contributed by atoms with Crippen LogP contribution in [0.5, 0.6) is 0 Å². The zero-order chi connectivity index (χ0) is 17.8. The minimum atomic E-state index is -1.03. The summed E-state index contributed by atoms with van der Waals surface area (Å²) in [6.07, 6.45) is 0.229. The molecule has 1 amide bonds.